The molecule has 0 aromatic heterocycles. The molecule has 0 amide bonds. The molecule has 2 aliphatic carbocycles. The van der Waals surface area contributed by atoms with Gasteiger partial charge >= 0.3 is 0 Å². The minimum atomic E-state index is 0.788. The van der Waals surface area contributed by atoms with Crippen LogP contribution < -0.4 is 5.32 Å². The van der Waals surface area contributed by atoms with Gasteiger partial charge in [0.05, 0.1) is 0 Å². The van der Waals surface area contributed by atoms with Crippen molar-refractivity contribution in [2.45, 2.75) is 72.1 Å². The van der Waals surface area contributed by atoms with Crippen molar-refractivity contribution in [1.29, 1.82) is 0 Å². The van der Waals surface area contributed by atoms with Gasteiger partial charge in [0, 0.05) is 0 Å². The molecule has 1 N–H and O–H groups in total. The highest BCUT2D eigenvalue weighted by Gasteiger charge is 2.34. The third-order valence-corrected chi connectivity index (χ3v) is 5.52. The fourth-order valence-electron chi connectivity index (χ4n) is 4.44. The van der Waals surface area contributed by atoms with E-state index in [1.165, 1.54) is 64.5 Å². The maximum Gasteiger partial charge on any atom is -0.00176 e. The quantitative estimate of drug-likeness (QED) is 0.748. The van der Waals surface area contributed by atoms with E-state index in [4.69, 9.17) is 0 Å². The molecule has 2 saturated carbocycles. The summed E-state index contributed by atoms with van der Waals surface area (Å²) in [5.41, 5.74) is 0. The van der Waals surface area contributed by atoms with E-state index >= 15 is 0 Å². The van der Waals surface area contributed by atoms with Crippen LogP contribution in [0.5, 0.6) is 0 Å². The van der Waals surface area contributed by atoms with Gasteiger partial charge in [-0.1, -0.05) is 59.3 Å². The number of nitrogens with one attached hydrogen (secondary N) is 1. The highest BCUT2D eigenvalue weighted by Crippen LogP contribution is 2.43. The van der Waals surface area contributed by atoms with Gasteiger partial charge in [0.1, 0.15) is 0 Å². The Morgan fingerprint density at radius 3 is 2.42 bits per heavy atom. The van der Waals surface area contributed by atoms with Crippen molar-refractivity contribution in [2.75, 3.05) is 13.1 Å². The SMILES string of the molecule is CC(C)CNCC1CCC(C)CC1C1CCCCC1. The first kappa shape index (κ1) is 15.4. The molecule has 1 nitrogen and oxygen atoms in total. The molecule has 0 radical (unpaired) electrons. The van der Waals surface area contributed by atoms with E-state index in [-0.39, 0.29) is 0 Å². The fraction of sp³-hybridized carbons (Fsp3) is 1.00. The van der Waals surface area contributed by atoms with Crippen LogP contribution in [0.3, 0.4) is 0 Å². The topological polar surface area (TPSA) is 12.0 Å². The van der Waals surface area contributed by atoms with Crippen molar-refractivity contribution in [3.63, 3.8) is 0 Å². The standard InChI is InChI=1S/C18H35N/c1-14(2)12-19-13-17-10-9-15(3)11-18(17)16-7-5-4-6-8-16/h14-19H,4-13H2,1-3H3. The molecule has 1 heteroatoms. The molecular formula is C18H35N. The second kappa shape index (κ2) is 7.67. The molecule has 0 saturated heterocycles. The average molecular weight is 265 g/mol. The second-order valence-electron chi connectivity index (χ2n) is 7.79. The third kappa shape index (κ3) is 4.77. The van der Waals surface area contributed by atoms with E-state index in [2.05, 4.69) is 26.1 Å². The lowest BCUT2D eigenvalue weighted by molar-refractivity contribution is 0.100. The maximum atomic E-state index is 3.74. The first-order valence-corrected chi connectivity index (χ1v) is 8.87. The minimum absolute atomic E-state index is 0.788. The van der Waals surface area contributed by atoms with Crippen molar-refractivity contribution < 1.29 is 0 Å². The summed E-state index contributed by atoms with van der Waals surface area (Å²) < 4.78 is 0. The van der Waals surface area contributed by atoms with Crippen LogP contribution >= 0.6 is 0 Å². The normalized spacial score (nSPS) is 33.8. The van der Waals surface area contributed by atoms with Gasteiger partial charge in [-0.05, 0) is 55.5 Å². The van der Waals surface area contributed by atoms with Crippen molar-refractivity contribution in [1.82, 2.24) is 5.32 Å². The van der Waals surface area contributed by atoms with Crippen LogP contribution in [0.15, 0.2) is 0 Å². The summed E-state index contributed by atoms with van der Waals surface area (Å²) in [6.07, 6.45) is 12.0. The number of hydrogen-bond acceptors (Lipinski definition) is 1. The van der Waals surface area contributed by atoms with Crippen molar-refractivity contribution >= 4 is 0 Å². The molecule has 2 fully saturated rings. The van der Waals surface area contributed by atoms with Crippen molar-refractivity contribution in [2.24, 2.45) is 29.6 Å². The van der Waals surface area contributed by atoms with E-state index in [1.807, 2.05) is 0 Å². The molecule has 0 aromatic carbocycles. The summed E-state index contributed by atoms with van der Waals surface area (Å²) in [4.78, 5) is 0. The van der Waals surface area contributed by atoms with Crippen LogP contribution in [-0.2, 0) is 0 Å². The molecule has 3 unspecified atom stereocenters. The van der Waals surface area contributed by atoms with Gasteiger partial charge in [-0.2, -0.15) is 0 Å². The van der Waals surface area contributed by atoms with E-state index in [0.717, 1.165) is 29.6 Å². The van der Waals surface area contributed by atoms with Gasteiger partial charge in [0.25, 0.3) is 0 Å². The van der Waals surface area contributed by atoms with Crippen LogP contribution in [0, 0.1) is 29.6 Å². The summed E-state index contributed by atoms with van der Waals surface area (Å²) in [6, 6.07) is 0. The van der Waals surface area contributed by atoms with Crippen molar-refractivity contribution in [3.05, 3.63) is 0 Å². The highest BCUT2D eigenvalue weighted by molar-refractivity contribution is 4.86. The molecule has 0 aromatic rings. The summed E-state index contributed by atoms with van der Waals surface area (Å²) in [7, 11) is 0. The molecule has 0 bridgehead atoms. The Morgan fingerprint density at radius 2 is 1.74 bits per heavy atom. The monoisotopic (exact) mass is 265 g/mol. The highest BCUT2D eigenvalue weighted by atomic mass is 14.9. The first-order valence-electron chi connectivity index (χ1n) is 8.87. The molecule has 19 heavy (non-hydrogen) atoms. The molecular weight excluding hydrogens is 230 g/mol. The molecule has 2 rings (SSSR count). The summed E-state index contributed by atoms with van der Waals surface area (Å²) in [5.74, 6) is 4.83. The summed E-state index contributed by atoms with van der Waals surface area (Å²) in [5, 5.41) is 3.74. The molecule has 0 spiro atoms. The lowest BCUT2D eigenvalue weighted by atomic mass is 9.65. The predicted molar refractivity (Wildman–Crippen MR) is 84.3 cm³/mol. The van der Waals surface area contributed by atoms with Gasteiger partial charge in [0.2, 0.25) is 0 Å². The zero-order chi connectivity index (χ0) is 13.7. The van der Waals surface area contributed by atoms with Crippen LogP contribution in [0.2, 0.25) is 0 Å². The number of rotatable bonds is 5. The number of hydrogen-bond donors (Lipinski definition) is 1. The largest absolute Gasteiger partial charge is 0.316 e. The fourth-order valence-corrected chi connectivity index (χ4v) is 4.44. The maximum absolute atomic E-state index is 3.74. The van der Waals surface area contributed by atoms with Crippen LogP contribution in [0.25, 0.3) is 0 Å². The Hall–Kier alpha value is -0.0400. The van der Waals surface area contributed by atoms with Crippen molar-refractivity contribution in [3.8, 4) is 0 Å². The zero-order valence-corrected chi connectivity index (χ0v) is 13.5. The summed E-state index contributed by atoms with van der Waals surface area (Å²) in [6.45, 7) is 9.59. The van der Waals surface area contributed by atoms with Crippen LogP contribution in [-0.4, -0.2) is 13.1 Å². The summed E-state index contributed by atoms with van der Waals surface area (Å²) >= 11 is 0. The van der Waals surface area contributed by atoms with Crippen LogP contribution in [0.1, 0.15) is 72.1 Å². The predicted octanol–water partition coefficient (Wildman–Crippen LogP) is 4.86. The average Bonchev–Trinajstić information content (AvgIpc) is 2.41. The van der Waals surface area contributed by atoms with E-state index in [9.17, 15) is 0 Å². The van der Waals surface area contributed by atoms with E-state index in [1.54, 1.807) is 0 Å². The van der Waals surface area contributed by atoms with Crippen LogP contribution in [0.4, 0.5) is 0 Å². The Balaban J connectivity index is 1.86. The minimum Gasteiger partial charge on any atom is -0.316 e. The Morgan fingerprint density at radius 1 is 1.00 bits per heavy atom. The zero-order valence-electron chi connectivity index (χ0n) is 13.5. The van der Waals surface area contributed by atoms with E-state index < -0.39 is 0 Å². The molecule has 2 aliphatic rings. The Kier molecular flexibility index (Phi) is 6.19. The molecule has 0 heterocycles. The molecule has 0 aliphatic heterocycles. The Bertz CT molecular complexity index is 242. The third-order valence-electron chi connectivity index (χ3n) is 5.52. The van der Waals surface area contributed by atoms with Gasteiger partial charge in [-0.15, -0.1) is 0 Å². The lowest BCUT2D eigenvalue weighted by Gasteiger charge is -2.41. The molecule has 3 atom stereocenters. The molecule has 112 valence electrons. The smallest absolute Gasteiger partial charge is 0.00176 e. The van der Waals surface area contributed by atoms with Gasteiger partial charge in [-0.25, -0.2) is 0 Å². The lowest BCUT2D eigenvalue weighted by Crippen LogP contribution is -2.38. The second-order valence-corrected chi connectivity index (χ2v) is 7.79. The van der Waals surface area contributed by atoms with Gasteiger partial charge in [-0.3, -0.25) is 0 Å². The van der Waals surface area contributed by atoms with E-state index in [0.29, 0.717) is 0 Å². The first-order chi connectivity index (χ1) is 9.16. The van der Waals surface area contributed by atoms with Gasteiger partial charge < -0.3 is 5.32 Å². The Labute approximate surface area is 120 Å². The van der Waals surface area contributed by atoms with Gasteiger partial charge in [0.15, 0.2) is 0 Å².